The molecule has 10 nitrogen and oxygen atoms in total. The monoisotopic (exact) mass is 917 g/mol. The van der Waals surface area contributed by atoms with Gasteiger partial charge in [-0.3, -0.25) is 29.0 Å². The number of rotatable bonds is 8. The van der Waals surface area contributed by atoms with E-state index < -0.39 is 0 Å². The van der Waals surface area contributed by atoms with E-state index >= 15 is 0 Å². The van der Waals surface area contributed by atoms with Gasteiger partial charge in [0.1, 0.15) is 23.8 Å². The van der Waals surface area contributed by atoms with Crippen molar-refractivity contribution in [2.45, 2.75) is 176 Å². The van der Waals surface area contributed by atoms with Crippen molar-refractivity contribution in [3.8, 4) is 23.0 Å². The highest BCUT2D eigenvalue weighted by atomic mass is 16.6. The molecule has 10 aliphatic carbocycles. The fourth-order valence-corrected chi connectivity index (χ4v) is 17.7. The number of fused-ring (bicyclic) bond motifs is 3. The number of hydrogen-bond acceptors (Lipinski definition) is 10. The molecular formula is C57H76N2O8. The maximum absolute atomic E-state index is 13.0. The number of piperidine rings is 2. The summed E-state index contributed by atoms with van der Waals surface area (Å²) < 4.78 is 25.0. The summed E-state index contributed by atoms with van der Waals surface area (Å²) in [6.45, 7) is 15.5. The molecule has 2 aromatic carbocycles. The van der Waals surface area contributed by atoms with E-state index in [2.05, 4.69) is 47.9 Å². The van der Waals surface area contributed by atoms with Crippen LogP contribution in [0.2, 0.25) is 0 Å². The molecule has 2 aromatic rings. The lowest BCUT2D eigenvalue weighted by molar-refractivity contribution is -0.231. The summed E-state index contributed by atoms with van der Waals surface area (Å²) in [5, 5.41) is 0. The van der Waals surface area contributed by atoms with Crippen LogP contribution in [0, 0.1) is 45.3 Å². The Hall–Kier alpha value is -4.02. The van der Waals surface area contributed by atoms with E-state index in [9.17, 15) is 19.2 Å². The molecule has 0 amide bonds. The van der Waals surface area contributed by atoms with E-state index in [1.54, 1.807) is 13.8 Å². The van der Waals surface area contributed by atoms with Gasteiger partial charge < -0.3 is 18.9 Å². The van der Waals surface area contributed by atoms with E-state index in [1.807, 2.05) is 12.1 Å². The number of ether oxygens (including phenoxy) is 4. The Kier molecular flexibility index (Phi) is 10.5. The highest BCUT2D eigenvalue weighted by Crippen LogP contribution is 2.79. The second-order valence-corrected chi connectivity index (χ2v) is 23.4. The number of Topliss-reactive ketones (excluding diaryl/α,β-unsaturated/α-hetero) is 2. The number of likely N-dealkylation sites (tertiary alicyclic amines) is 2. The first kappa shape index (κ1) is 46.7. The van der Waals surface area contributed by atoms with Gasteiger partial charge in [0, 0.05) is 94.5 Å². The number of ketones is 2. The molecule has 0 radical (unpaired) electrons. The maximum Gasteiger partial charge on any atom is 0.308 e. The molecule has 14 aliphatic rings. The Balaban J connectivity index is 0.000000150. The summed E-state index contributed by atoms with van der Waals surface area (Å²) in [6, 6.07) is 9.09. The lowest BCUT2D eigenvalue weighted by Gasteiger charge is -2.73. The standard InChI is InChI=1S/C27H33NO4.C27H31NO4.3CH4/c2*1-15(29)19-13-26-9-8-25(19,3)24-27(26)10-11-28(14-17-4-5-17)21(26)12-18-6-7-20(31-16(2)30)23(32-24)22(18)27;;;/h6-7,17,19,21,24H,4-5,8-14H2,1-3H3;6-9,17,19,21,24H,4-5,10-14H2,1-3H3;3*1H4/t2*19-,21?,24+,25?,26?,27+;;;/m11.../s1. The third-order valence-corrected chi connectivity index (χ3v) is 20.5. The molecule has 6 saturated carbocycles. The van der Waals surface area contributed by atoms with E-state index in [0.29, 0.717) is 29.4 Å². The molecule has 10 heteroatoms. The van der Waals surface area contributed by atoms with Gasteiger partial charge in [-0.15, -0.1) is 0 Å². The summed E-state index contributed by atoms with van der Waals surface area (Å²) >= 11 is 0. The van der Waals surface area contributed by atoms with Crippen LogP contribution in [0.4, 0.5) is 0 Å². The number of nitrogens with zero attached hydrogens (tertiary/aromatic N) is 2. The summed E-state index contributed by atoms with van der Waals surface area (Å²) in [7, 11) is 0. The van der Waals surface area contributed by atoms with Crippen molar-refractivity contribution in [1.82, 2.24) is 9.80 Å². The molecule has 4 aliphatic heterocycles. The third kappa shape index (κ3) is 5.69. The van der Waals surface area contributed by atoms with Crippen LogP contribution in [-0.4, -0.2) is 83.8 Å². The lowest BCUT2D eigenvalue weighted by atomic mass is 9.32. The van der Waals surface area contributed by atoms with Gasteiger partial charge in [-0.2, -0.15) is 0 Å². The Morgan fingerprint density at radius 2 is 1.15 bits per heavy atom. The van der Waals surface area contributed by atoms with E-state index in [4.69, 9.17) is 18.9 Å². The zero-order valence-electron chi connectivity index (χ0n) is 38.6. The van der Waals surface area contributed by atoms with Crippen molar-refractivity contribution in [3.05, 3.63) is 58.7 Å². The molecule has 362 valence electrons. The van der Waals surface area contributed by atoms with Crippen LogP contribution < -0.4 is 18.9 Å². The average molecular weight is 917 g/mol. The molecule has 8 bridgehead atoms. The molecule has 16 rings (SSSR count). The first-order valence-corrected chi connectivity index (χ1v) is 24.8. The Morgan fingerprint density at radius 3 is 1.70 bits per heavy atom. The number of benzene rings is 2. The molecule has 0 N–H and O–H groups in total. The Labute approximate surface area is 399 Å². The van der Waals surface area contributed by atoms with Crippen LogP contribution in [0.25, 0.3) is 0 Å². The molecule has 4 heterocycles. The van der Waals surface area contributed by atoms with Gasteiger partial charge in [0.25, 0.3) is 0 Å². The highest BCUT2D eigenvalue weighted by Gasteiger charge is 2.81. The number of carbonyl (C=O) groups is 4. The fraction of sp³-hybridized carbons (Fsp3) is 0.684. The van der Waals surface area contributed by atoms with Gasteiger partial charge in [-0.1, -0.05) is 60.4 Å². The van der Waals surface area contributed by atoms with Crippen LogP contribution in [0.5, 0.6) is 23.0 Å². The molecule has 2 saturated heterocycles. The SMILES string of the molecule is C.C.C.CC(=O)Oc1ccc2c3c1O[C@H]1C4(C)C=CC5(C[C@@H]4C(C)=O)C(C2)N(CC2CC2)CC[C@]315.CC(=O)Oc1ccc2c3c1O[C@H]1C4(C)CCC5(C[C@@H]4C(C)=O)C(C2)N(CC2CC2)CC[C@]315. The summed E-state index contributed by atoms with van der Waals surface area (Å²) in [5.74, 6) is 4.33. The second-order valence-electron chi connectivity index (χ2n) is 23.4. The Morgan fingerprint density at radius 1 is 0.627 bits per heavy atom. The molecule has 8 fully saturated rings. The number of esters is 2. The fourth-order valence-electron chi connectivity index (χ4n) is 17.7. The molecule has 0 aromatic heterocycles. The van der Waals surface area contributed by atoms with Crippen molar-refractivity contribution in [3.63, 3.8) is 0 Å². The molecule has 4 spiro atoms. The molecule has 12 atom stereocenters. The van der Waals surface area contributed by atoms with Crippen LogP contribution in [-0.2, 0) is 42.8 Å². The smallest absolute Gasteiger partial charge is 0.308 e. The van der Waals surface area contributed by atoms with Crippen LogP contribution in [0.3, 0.4) is 0 Å². The van der Waals surface area contributed by atoms with Crippen molar-refractivity contribution < 1.29 is 38.1 Å². The van der Waals surface area contributed by atoms with Crippen molar-refractivity contribution in [2.75, 3.05) is 26.2 Å². The predicted octanol–water partition coefficient (Wildman–Crippen LogP) is 9.78. The zero-order chi connectivity index (χ0) is 44.1. The second kappa shape index (κ2) is 15.0. The van der Waals surface area contributed by atoms with E-state index in [1.165, 1.54) is 81.3 Å². The minimum absolute atomic E-state index is 0. The van der Waals surface area contributed by atoms with Crippen LogP contribution >= 0.6 is 0 Å². The van der Waals surface area contributed by atoms with E-state index in [-0.39, 0.29) is 96.5 Å². The average Bonchev–Trinajstić information content (AvgIpc) is 4.18. The van der Waals surface area contributed by atoms with Crippen LogP contribution in [0.1, 0.15) is 150 Å². The minimum atomic E-state index is -0.349. The van der Waals surface area contributed by atoms with Gasteiger partial charge in [-0.05, 0) is 139 Å². The third-order valence-electron chi connectivity index (χ3n) is 20.5. The predicted molar refractivity (Wildman–Crippen MR) is 258 cm³/mol. The van der Waals surface area contributed by atoms with Crippen molar-refractivity contribution in [2.24, 2.45) is 45.3 Å². The zero-order valence-corrected chi connectivity index (χ0v) is 38.6. The Bertz CT molecular complexity index is 2480. The normalized spacial score (nSPS) is 40.7. The maximum atomic E-state index is 13.0. The topological polar surface area (TPSA) is 112 Å². The molecule has 67 heavy (non-hydrogen) atoms. The summed E-state index contributed by atoms with van der Waals surface area (Å²) in [5.41, 5.74) is 4.58. The molecular weight excluding hydrogens is 841 g/mol. The van der Waals surface area contributed by atoms with Crippen molar-refractivity contribution >= 4 is 23.5 Å². The largest absolute Gasteiger partial charge is 0.485 e. The molecule has 6 unspecified atom stereocenters. The van der Waals surface area contributed by atoms with Gasteiger partial charge in [0.2, 0.25) is 0 Å². The number of carbonyl (C=O) groups excluding carboxylic acids is 4. The van der Waals surface area contributed by atoms with Crippen LogP contribution in [0.15, 0.2) is 36.4 Å². The van der Waals surface area contributed by atoms with Gasteiger partial charge >= 0.3 is 11.9 Å². The first-order valence-electron chi connectivity index (χ1n) is 24.8. The number of hydrogen-bond donors (Lipinski definition) is 0. The van der Waals surface area contributed by atoms with Gasteiger partial charge in [0.05, 0.1) is 0 Å². The van der Waals surface area contributed by atoms with Gasteiger partial charge in [0.15, 0.2) is 23.0 Å². The minimum Gasteiger partial charge on any atom is -0.485 e. The lowest BCUT2D eigenvalue weighted by Crippen LogP contribution is -2.78. The van der Waals surface area contributed by atoms with E-state index in [0.717, 1.165) is 81.4 Å². The quantitative estimate of drug-likeness (QED) is 0.144. The van der Waals surface area contributed by atoms with Gasteiger partial charge in [-0.25, -0.2) is 0 Å². The highest BCUT2D eigenvalue weighted by molar-refractivity contribution is 5.82. The summed E-state index contributed by atoms with van der Waals surface area (Å²) in [6.07, 6.45) is 18.4. The van der Waals surface area contributed by atoms with Crippen molar-refractivity contribution in [1.29, 1.82) is 0 Å². The first-order chi connectivity index (χ1) is 30.6. The summed E-state index contributed by atoms with van der Waals surface area (Å²) in [4.78, 5) is 55.2.